The highest BCUT2D eigenvalue weighted by Gasteiger charge is 2.19. The van der Waals surface area contributed by atoms with Crippen LogP contribution in [0, 0.1) is 0 Å². The van der Waals surface area contributed by atoms with Gasteiger partial charge in [-0.3, -0.25) is 4.99 Å². The van der Waals surface area contributed by atoms with Crippen molar-refractivity contribution in [2.75, 3.05) is 7.11 Å². The van der Waals surface area contributed by atoms with E-state index in [9.17, 15) is 4.79 Å². The number of ether oxygens (including phenoxy) is 1. The van der Waals surface area contributed by atoms with Gasteiger partial charge in [-0.15, -0.1) is 11.3 Å². The number of esters is 1. The molecule has 0 unspecified atom stereocenters. The first-order chi connectivity index (χ1) is 6.31. The number of thiophene rings is 1. The molecule has 0 radical (unpaired) electrons. The molecule has 68 valence electrons. The van der Waals surface area contributed by atoms with Crippen molar-refractivity contribution < 1.29 is 9.53 Å². The molecule has 0 bridgehead atoms. The lowest BCUT2D eigenvalue weighted by atomic mass is 10.1. The van der Waals surface area contributed by atoms with Gasteiger partial charge in [-0.2, -0.15) is 0 Å². The molecule has 0 amide bonds. The van der Waals surface area contributed by atoms with Crippen LogP contribution in [0.15, 0.2) is 16.4 Å². The first-order valence-electron chi connectivity index (χ1n) is 3.98. The third-order valence-electron chi connectivity index (χ3n) is 2.03. The summed E-state index contributed by atoms with van der Waals surface area (Å²) in [4.78, 5) is 16.5. The van der Waals surface area contributed by atoms with Crippen LogP contribution in [-0.4, -0.2) is 18.8 Å². The number of rotatable bonds is 1. The second-order valence-electron chi connectivity index (χ2n) is 2.80. The Labute approximate surface area is 80.1 Å². The third-order valence-corrected chi connectivity index (χ3v) is 2.99. The van der Waals surface area contributed by atoms with E-state index in [1.54, 1.807) is 11.3 Å². The Morgan fingerprint density at radius 1 is 1.69 bits per heavy atom. The fraction of sp³-hybridized carbons (Fsp3) is 0.333. The summed E-state index contributed by atoms with van der Waals surface area (Å²) in [6, 6.07) is 2.05. The van der Waals surface area contributed by atoms with Gasteiger partial charge in [0.2, 0.25) is 0 Å². The Morgan fingerprint density at radius 3 is 3.31 bits per heavy atom. The van der Waals surface area contributed by atoms with Crippen LogP contribution >= 0.6 is 11.3 Å². The van der Waals surface area contributed by atoms with E-state index in [0.29, 0.717) is 18.7 Å². The van der Waals surface area contributed by atoms with Crippen molar-refractivity contribution in [2.24, 2.45) is 4.99 Å². The van der Waals surface area contributed by atoms with E-state index >= 15 is 0 Å². The van der Waals surface area contributed by atoms with Crippen molar-refractivity contribution in [3.63, 3.8) is 0 Å². The van der Waals surface area contributed by atoms with Crippen LogP contribution in [0.3, 0.4) is 0 Å². The van der Waals surface area contributed by atoms with Crippen molar-refractivity contribution >= 4 is 23.0 Å². The highest BCUT2D eigenvalue weighted by molar-refractivity contribution is 7.10. The average molecular weight is 195 g/mol. The lowest BCUT2D eigenvalue weighted by molar-refractivity contribution is -0.132. The topological polar surface area (TPSA) is 38.7 Å². The quantitative estimate of drug-likeness (QED) is 0.636. The first kappa shape index (κ1) is 8.44. The molecule has 13 heavy (non-hydrogen) atoms. The van der Waals surface area contributed by atoms with E-state index in [1.807, 2.05) is 5.38 Å². The number of nitrogens with zero attached hydrogens (tertiary/aromatic N) is 1. The van der Waals surface area contributed by atoms with Crippen molar-refractivity contribution in [2.45, 2.75) is 13.0 Å². The molecular formula is C9H9NO2S. The Balaban J connectivity index is 2.21. The minimum atomic E-state index is -0.306. The lowest BCUT2D eigenvalue weighted by Gasteiger charge is -2.10. The van der Waals surface area contributed by atoms with Gasteiger partial charge >= 0.3 is 5.97 Å². The van der Waals surface area contributed by atoms with E-state index in [-0.39, 0.29) is 5.97 Å². The number of aliphatic imine (C=N–C) groups is 1. The molecule has 0 N–H and O–H groups in total. The van der Waals surface area contributed by atoms with Crippen LogP contribution in [-0.2, 0) is 22.5 Å². The van der Waals surface area contributed by atoms with Gasteiger partial charge in [0, 0.05) is 11.3 Å². The summed E-state index contributed by atoms with van der Waals surface area (Å²) < 4.78 is 4.62. The Bertz CT molecular complexity index is 367. The van der Waals surface area contributed by atoms with E-state index in [0.717, 1.165) is 0 Å². The van der Waals surface area contributed by atoms with Crippen molar-refractivity contribution in [3.8, 4) is 0 Å². The van der Waals surface area contributed by atoms with Crippen molar-refractivity contribution in [1.29, 1.82) is 0 Å². The minimum Gasteiger partial charge on any atom is -0.465 e. The van der Waals surface area contributed by atoms with Gasteiger partial charge in [0.1, 0.15) is 5.71 Å². The largest absolute Gasteiger partial charge is 0.465 e. The predicted octanol–water partition coefficient (Wildman–Crippen LogP) is 1.42. The van der Waals surface area contributed by atoms with Gasteiger partial charge in [-0.1, -0.05) is 0 Å². The number of carbonyl (C=O) groups is 1. The fourth-order valence-corrected chi connectivity index (χ4v) is 2.21. The molecule has 0 aliphatic carbocycles. The Morgan fingerprint density at radius 2 is 2.54 bits per heavy atom. The van der Waals surface area contributed by atoms with Gasteiger partial charge in [-0.05, 0) is 17.0 Å². The highest BCUT2D eigenvalue weighted by atomic mass is 32.1. The number of hydrogen-bond donors (Lipinski definition) is 0. The molecule has 1 aromatic rings. The lowest BCUT2D eigenvalue weighted by Crippen LogP contribution is -2.21. The summed E-state index contributed by atoms with van der Waals surface area (Å²) in [6.07, 6.45) is 0.625. The van der Waals surface area contributed by atoms with Crippen LogP contribution < -0.4 is 0 Å². The van der Waals surface area contributed by atoms with Crippen molar-refractivity contribution in [3.05, 3.63) is 21.9 Å². The number of hydrogen-bond acceptors (Lipinski definition) is 4. The molecule has 4 heteroatoms. The van der Waals surface area contributed by atoms with Crippen LogP contribution in [0.1, 0.15) is 10.4 Å². The minimum absolute atomic E-state index is 0.306. The van der Waals surface area contributed by atoms with E-state index < -0.39 is 0 Å². The maximum absolute atomic E-state index is 11.2. The second kappa shape index (κ2) is 3.30. The summed E-state index contributed by atoms with van der Waals surface area (Å²) in [5.41, 5.74) is 1.77. The maximum Gasteiger partial charge on any atom is 0.352 e. The predicted molar refractivity (Wildman–Crippen MR) is 51.2 cm³/mol. The number of methoxy groups -OCH3 is 1. The standard InChI is InChI=1S/C9H9NO2S/c1-12-9(11)7-4-8-6(5-10-7)2-3-13-8/h2-3H,4-5H2,1H3. The van der Waals surface area contributed by atoms with E-state index in [2.05, 4.69) is 15.8 Å². The average Bonchev–Trinajstić information content (AvgIpc) is 2.63. The molecule has 2 heterocycles. The molecule has 3 nitrogen and oxygen atoms in total. The summed E-state index contributed by atoms with van der Waals surface area (Å²) in [6.45, 7) is 0.614. The summed E-state index contributed by atoms with van der Waals surface area (Å²) in [5, 5.41) is 2.03. The third kappa shape index (κ3) is 1.49. The van der Waals surface area contributed by atoms with E-state index in [4.69, 9.17) is 0 Å². The smallest absolute Gasteiger partial charge is 0.352 e. The number of fused-ring (bicyclic) bond motifs is 1. The Kier molecular flexibility index (Phi) is 2.14. The molecule has 0 spiro atoms. The molecule has 0 saturated heterocycles. The normalized spacial score (nSPS) is 14.7. The second-order valence-corrected chi connectivity index (χ2v) is 3.80. The molecule has 1 aromatic heterocycles. The van der Waals surface area contributed by atoms with Gasteiger partial charge in [0.15, 0.2) is 0 Å². The molecule has 0 saturated carbocycles. The molecule has 0 fully saturated rings. The molecule has 2 rings (SSSR count). The molecular weight excluding hydrogens is 186 g/mol. The van der Waals surface area contributed by atoms with Crippen LogP contribution in [0.2, 0.25) is 0 Å². The van der Waals surface area contributed by atoms with Crippen LogP contribution in [0.4, 0.5) is 0 Å². The molecule has 1 aliphatic heterocycles. The zero-order valence-corrected chi connectivity index (χ0v) is 8.06. The number of carbonyl (C=O) groups excluding carboxylic acids is 1. The highest BCUT2D eigenvalue weighted by Crippen LogP contribution is 2.22. The zero-order chi connectivity index (χ0) is 9.26. The molecule has 1 aliphatic rings. The van der Waals surface area contributed by atoms with E-state index in [1.165, 1.54) is 17.6 Å². The van der Waals surface area contributed by atoms with Crippen LogP contribution in [0.25, 0.3) is 0 Å². The SMILES string of the molecule is COC(=O)C1=NCc2ccsc2C1. The van der Waals surface area contributed by atoms with Gasteiger partial charge in [0.25, 0.3) is 0 Å². The van der Waals surface area contributed by atoms with Crippen molar-refractivity contribution in [1.82, 2.24) is 0 Å². The zero-order valence-electron chi connectivity index (χ0n) is 7.24. The van der Waals surface area contributed by atoms with Gasteiger partial charge in [0.05, 0.1) is 13.7 Å². The van der Waals surface area contributed by atoms with Gasteiger partial charge in [-0.25, -0.2) is 4.79 Å². The maximum atomic E-state index is 11.2. The summed E-state index contributed by atoms with van der Waals surface area (Å²) in [5.74, 6) is -0.306. The monoisotopic (exact) mass is 195 g/mol. The summed E-state index contributed by atoms with van der Waals surface area (Å²) in [7, 11) is 1.38. The molecule has 0 atom stereocenters. The Hall–Kier alpha value is -1.16. The molecule has 0 aromatic carbocycles. The first-order valence-corrected chi connectivity index (χ1v) is 4.86. The van der Waals surface area contributed by atoms with Gasteiger partial charge < -0.3 is 4.74 Å². The summed E-state index contributed by atoms with van der Waals surface area (Å²) >= 11 is 1.67. The fourth-order valence-electron chi connectivity index (χ4n) is 1.31. The van der Waals surface area contributed by atoms with Crippen LogP contribution in [0.5, 0.6) is 0 Å².